The molecule has 0 saturated carbocycles. The molecule has 0 aliphatic heterocycles. The van der Waals surface area contributed by atoms with Gasteiger partial charge in [0, 0.05) is 5.69 Å². The Labute approximate surface area is 82.3 Å². The van der Waals surface area contributed by atoms with Gasteiger partial charge in [-0.15, -0.1) is 0 Å². The Morgan fingerprint density at radius 1 is 1.33 bits per heavy atom. The van der Waals surface area contributed by atoms with Gasteiger partial charge in [0.25, 0.3) is 0 Å². The summed E-state index contributed by atoms with van der Waals surface area (Å²) < 4.78 is 0.921. The molecule has 0 saturated heterocycles. The van der Waals surface area contributed by atoms with Crippen LogP contribution in [0.25, 0.3) is 0 Å². The number of halogens is 1. The maximum absolute atomic E-state index is 4.38. The van der Waals surface area contributed by atoms with E-state index in [1.54, 1.807) is 0 Å². The molecule has 0 bridgehead atoms. The first-order valence-electron chi connectivity index (χ1n) is 4.09. The minimum atomic E-state index is 0.313. The Balaban J connectivity index is 2.77. The molecule has 0 unspecified atom stereocenters. The lowest BCUT2D eigenvalue weighted by Crippen LogP contribution is -2.10. The smallest absolute Gasteiger partial charge is 0.106 e. The molecule has 0 aliphatic carbocycles. The van der Waals surface area contributed by atoms with E-state index in [0.29, 0.717) is 5.41 Å². The Morgan fingerprint density at radius 3 is 2.50 bits per heavy atom. The molecule has 0 amide bonds. The van der Waals surface area contributed by atoms with Gasteiger partial charge in [-0.1, -0.05) is 26.8 Å². The highest BCUT2D eigenvalue weighted by molar-refractivity contribution is 9.10. The summed E-state index contributed by atoms with van der Waals surface area (Å²) in [7, 11) is 0. The van der Waals surface area contributed by atoms with Crippen molar-refractivity contribution in [2.24, 2.45) is 5.41 Å². The lowest BCUT2D eigenvalue weighted by Gasteiger charge is -2.17. The van der Waals surface area contributed by atoms with Crippen LogP contribution in [0.4, 0.5) is 0 Å². The van der Waals surface area contributed by atoms with Gasteiger partial charge >= 0.3 is 0 Å². The molecule has 12 heavy (non-hydrogen) atoms. The van der Waals surface area contributed by atoms with E-state index in [4.69, 9.17) is 0 Å². The maximum Gasteiger partial charge on any atom is 0.106 e. The molecule has 0 radical (unpaired) electrons. The second-order valence-electron chi connectivity index (χ2n) is 4.19. The number of hydrogen-bond donors (Lipinski definition) is 0. The van der Waals surface area contributed by atoms with Crippen LogP contribution in [0, 0.1) is 5.41 Å². The molecule has 0 N–H and O–H groups in total. The van der Waals surface area contributed by atoms with Crippen LogP contribution in [-0.2, 0) is 6.42 Å². The summed E-state index contributed by atoms with van der Waals surface area (Å²) in [6.07, 6.45) is 1.02. The quantitative estimate of drug-likeness (QED) is 0.671. The number of rotatable bonds is 1. The van der Waals surface area contributed by atoms with E-state index in [9.17, 15) is 0 Å². The third-order valence-corrected chi connectivity index (χ3v) is 1.93. The van der Waals surface area contributed by atoms with Gasteiger partial charge in [-0.2, -0.15) is 0 Å². The molecule has 0 aliphatic rings. The number of aromatic nitrogens is 1. The molecular weight excluding hydrogens is 214 g/mol. The SMILES string of the molecule is CC(C)(C)Cc1cccc(Br)n1. The van der Waals surface area contributed by atoms with Crippen LogP contribution in [0.15, 0.2) is 22.8 Å². The lowest BCUT2D eigenvalue weighted by atomic mass is 9.90. The fourth-order valence-electron chi connectivity index (χ4n) is 1.09. The number of hydrogen-bond acceptors (Lipinski definition) is 1. The maximum atomic E-state index is 4.38. The first kappa shape index (κ1) is 9.72. The molecule has 0 atom stereocenters. The molecule has 0 aromatic carbocycles. The van der Waals surface area contributed by atoms with Gasteiger partial charge < -0.3 is 0 Å². The third kappa shape index (κ3) is 3.35. The van der Waals surface area contributed by atoms with E-state index in [1.807, 2.05) is 12.1 Å². The third-order valence-electron chi connectivity index (χ3n) is 1.48. The topological polar surface area (TPSA) is 12.9 Å². The van der Waals surface area contributed by atoms with Crippen molar-refractivity contribution in [1.29, 1.82) is 0 Å². The Hall–Kier alpha value is -0.370. The minimum Gasteiger partial charge on any atom is -0.246 e. The van der Waals surface area contributed by atoms with Gasteiger partial charge in [-0.05, 0) is 39.9 Å². The van der Waals surface area contributed by atoms with Crippen molar-refractivity contribution in [3.8, 4) is 0 Å². The monoisotopic (exact) mass is 227 g/mol. The average molecular weight is 228 g/mol. The van der Waals surface area contributed by atoms with Gasteiger partial charge in [0.15, 0.2) is 0 Å². The van der Waals surface area contributed by atoms with Crippen molar-refractivity contribution in [3.63, 3.8) is 0 Å². The summed E-state index contributed by atoms with van der Waals surface area (Å²) in [6.45, 7) is 6.65. The Morgan fingerprint density at radius 2 is 2.00 bits per heavy atom. The van der Waals surface area contributed by atoms with Crippen LogP contribution in [-0.4, -0.2) is 4.98 Å². The van der Waals surface area contributed by atoms with Crippen LogP contribution in [0.3, 0.4) is 0 Å². The summed E-state index contributed by atoms with van der Waals surface area (Å²) in [6, 6.07) is 6.04. The van der Waals surface area contributed by atoms with E-state index in [2.05, 4.69) is 47.8 Å². The van der Waals surface area contributed by atoms with E-state index >= 15 is 0 Å². The molecule has 1 nitrogen and oxygen atoms in total. The van der Waals surface area contributed by atoms with Crippen LogP contribution >= 0.6 is 15.9 Å². The van der Waals surface area contributed by atoms with Crippen molar-refractivity contribution in [2.75, 3.05) is 0 Å². The molecular formula is C10H14BrN. The summed E-state index contributed by atoms with van der Waals surface area (Å²) in [4.78, 5) is 4.38. The Kier molecular flexibility index (Phi) is 2.89. The summed E-state index contributed by atoms with van der Waals surface area (Å²) in [5, 5.41) is 0. The molecule has 1 rings (SSSR count). The normalized spacial score (nSPS) is 11.7. The largest absolute Gasteiger partial charge is 0.246 e. The molecule has 0 fully saturated rings. The van der Waals surface area contributed by atoms with Crippen molar-refractivity contribution in [1.82, 2.24) is 4.98 Å². The van der Waals surface area contributed by atoms with Crippen molar-refractivity contribution < 1.29 is 0 Å². The van der Waals surface area contributed by atoms with Crippen LogP contribution < -0.4 is 0 Å². The number of pyridine rings is 1. The summed E-state index contributed by atoms with van der Waals surface area (Å²) >= 11 is 3.36. The van der Waals surface area contributed by atoms with Crippen LogP contribution in [0.1, 0.15) is 26.5 Å². The second kappa shape index (κ2) is 3.56. The molecule has 1 aromatic rings. The highest BCUT2D eigenvalue weighted by Crippen LogP contribution is 2.19. The lowest BCUT2D eigenvalue weighted by molar-refractivity contribution is 0.406. The summed E-state index contributed by atoms with van der Waals surface area (Å²) in [5.74, 6) is 0. The zero-order chi connectivity index (χ0) is 9.19. The van der Waals surface area contributed by atoms with Crippen molar-refractivity contribution in [3.05, 3.63) is 28.5 Å². The predicted molar refractivity (Wildman–Crippen MR) is 55.1 cm³/mol. The molecule has 1 heterocycles. The zero-order valence-electron chi connectivity index (χ0n) is 7.76. The molecule has 66 valence electrons. The predicted octanol–water partition coefficient (Wildman–Crippen LogP) is 3.43. The van der Waals surface area contributed by atoms with Crippen LogP contribution in [0.5, 0.6) is 0 Å². The summed E-state index contributed by atoms with van der Waals surface area (Å²) in [5.41, 5.74) is 1.46. The first-order valence-corrected chi connectivity index (χ1v) is 4.88. The zero-order valence-corrected chi connectivity index (χ0v) is 9.35. The first-order chi connectivity index (χ1) is 5.47. The molecule has 1 aromatic heterocycles. The average Bonchev–Trinajstić information content (AvgIpc) is 1.82. The fraction of sp³-hybridized carbons (Fsp3) is 0.500. The van der Waals surface area contributed by atoms with E-state index in [-0.39, 0.29) is 0 Å². The van der Waals surface area contributed by atoms with Crippen LogP contribution in [0.2, 0.25) is 0 Å². The van der Waals surface area contributed by atoms with Gasteiger partial charge in [-0.25, -0.2) is 4.98 Å². The van der Waals surface area contributed by atoms with E-state index < -0.39 is 0 Å². The van der Waals surface area contributed by atoms with Gasteiger partial charge in [0.2, 0.25) is 0 Å². The number of nitrogens with zero attached hydrogens (tertiary/aromatic N) is 1. The molecule has 0 spiro atoms. The molecule has 2 heteroatoms. The van der Waals surface area contributed by atoms with E-state index in [0.717, 1.165) is 16.7 Å². The van der Waals surface area contributed by atoms with Gasteiger partial charge in [0.05, 0.1) is 0 Å². The Bertz CT molecular complexity index is 263. The van der Waals surface area contributed by atoms with Crippen molar-refractivity contribution >= 4 is 15.9 Å². The van der Waals surface area contributed by atoms with Gasteiger partial charge in [-0.3, -0.25) is 0 Å². The highest BCUT2D eigenvalue weighted by Gasteiger charge is 2.11. The standard InChI is InChI=1S/C10H14BrN/c1-10(2,3)7-8-5-4-6-9(11)12-8/h4-6H,7H2,1-3H3. The van der Waals surface area contributed by atoms with Crippen molar-refractivity contribution in [2.45, 2.75) is 27.2 Å². The highest BCUT2D eigenvalue weighted by atomic mass is 79.9. The second-order valence-corrected chi connectivity index (χ2v) is 5.00. The van der Waals surface area contributed by atoms with E-state index in [1.165, 1.54) is 0 Å². The fourth-order valence-corrected chi connectivity index (χ4v) is 1.47. The van der Waals surface area contributed by atoms with Gasteiger partial charge in [0.1, 0.15) is 4.60 Å². The minimum absolute atomic E-state index is 0.313.